The molecule has 1 aromatic rings. The highest BCUT2D eigenvalue weighted by Crippen LogP contribution is 2.31. The van der Waals surface area contributed by atoms with Crippen LogP contribution in [0.2, 0.25) is 0 Å². The number of nitrogens with two attached hydrogens (primary N) is 1. The Morgan fingerprint density at radius 2 is 2.15 bits per heavy atom. The molecule has 74 valence electrons. The normalized spacial score (nSPS) is 15.6. The zero-order valence-corrected chi connectivity index (χ0v) is 7.95. The van der Waals surface area contributed by atoms with Gasteiger partial charge < -0.3 is 10.8 Å². The number of rotatable bonds is 4. The average molecular weight is 185 g/mol. The fourth-order valence-electron chi connectivity index (χ4n) is 1.39. The van der Waals surface area contributed by atoms with E-state index in [-0.39, 0.29) is 5.82 Å². The molecule has 0 fully saturated rings. The fourth-order valence-corrected chi connectivity index (χ4v) is 1.39. The highest BCUT2D eigenvalue weighted by molar-refractivity contribution is 5.35. The summed E-state index contributed by atoms with van der Waals surface area (Å²) in [5, 5.41) is 17.2. The Balaban J connectivity index is 2.95. The highest BCUT2D eigenvalue weighted by Gasteiger charge is 2.32. The molecule has 0 radical (unpaired) electrons. The third-order valence-corrected chi connectivity index (χ3v) is 2.20. The van der Waals surface area contributed by atoms with Crippen molar-refractivity contribution in [3.05, 3.63) is 5.69 Å². The molecule has 5 nitrogen and oxygen atoms in total. The maximum absolute atomic E-state index is 10.1. The lowest BCUT2D eigenvalue weighted by molar-refractivity contribution is 0.0157. The van der Waals surface area contributed by atoms with Crippen LogP contribution in [0.3, 0.4) is 0 Å². The van der Waals surface area contributed by atoms with E-state index in [1.807, 2.05) is 13.8 Å². The van der Waals surface area contributed by atoms with Crippen LogP contribution in [0.15, 0.2) is 4.63 Å². The SMILES string of the molecule is CCCC(O)(CC)c1nonc1N. The van der Waals surface area contributed by atoms with Crippen LogP contribution in [0.4, 0.5) is 5.82 Å². The molecule has 0 aromatic carbocycles. The van der Waals surface area contributed by atoms with Crippen molar-refractivity contribution in [1.29, 1.82) is 0 Å². The van der Waals surface area contributed by atoms with E-state index in [0.29, 0.717) is 18.5 Å². The van der Waals surface area contributed by atoms with Crippen LogP contribution >= 0.6 is 0 Å². The topological polar surface area (TPSA) is 85.2 Å². The summed E-state index contributed by atoms with van der Waals surface area (Å²) in [5.74, 6) is 0.179. The molecule has 0 amide bonds. The molecule has 1 heterocycles. The molecule has 0 spiro atoms. The zero-order chi connectivity index (χ0) is 9.90. The molecule has 0 bridgehead atoms. The van der Waals surface area contributed by atoms with E-state index >= 15 is 0 Å². The minimum atomic E-state index is -0.987. The van der Waals surface area contributed by atoms with E-state index in [4.69, 9.17) is 5.73 Å². The van der Waals surface area contributed by atoms with Gasteiger partial charge in [-0.15, -0.1) is 0 Å². The first-order valence-corrected chi connectivity index (χ1v) is 4.45. The van der Waals surface area contributed by atoms with Crippen LogP contribution in [-0.4, -0.2) is 15.4 Å². The van der Waals surface area contributed by atoms with E-state index in [9.17, 15) is 5.11 Å². The van der Waals surface area contributed by atoms with E-state index in [1.165, 1.54) is 0 Å². The van der Waals surface area contributed by atoms with Crippen molar-refractivity contribution in [1.82, 2.24) is 10.3 Å². The molecule has 1 aromatic heterocycles. The van der Waals surface area contributed by atoms with Gasteiger partial charge in [-0.1, -0.05) is 20.3 Å². The van der Waals surface area contributed by atoms with Gasteiger partial charge in [-0.2, -0.15) is 0 Å². The number of nitrogen functional groups attached to an aromatic ring is 1. The first-order valence-electron chi connectivity index (χ1n) is 4.45. The van der Waals surface area contributed by atoms with E-state index in [1.54, 1.807) is 0 Å². The summed E-state index contributed by atoms with van der Waals surface area (Å²) < 4.78 is 4.45. The summed E-state index contributed by atoms with van der Waals surface area (Å²) >= 11 is 0. The van der Waals surface area contributed by atoms with Gasteiger partial charge in [0.2, 0.25) is 0 Å². The molecule has 1 rings (SSSR count). The van der Waals surface area contributed by atoms with Crippen molar-refractivity contribution in [3.63, 3.8) is 0 Å². The van der Waals surface area contributed by atoms with Crippen LogP contribution < -0.4 is 5.73 Å². The largest absolute Gasteiger partial charge is 0.383 e. The molecule has 1 atom stereocenters. The molecule has 13 heavy (non-hydrogen) atoms. The molecule has 0 aliphatic carbocycles. The molecule has 3 N–H and O–H groups in total. The van der Waals surface area contributed by atoms with Gasteiger partial charge in [0.25, 0.3) is 0 Å². The van der Waals surface area contributed by atoms with Crippen molar-refractivity contribution in [3.8, 4) is 0 Å². The summed E-state index contributed by atoms with van der Waals surface area (Å²) in [5.41, 5.74) is 4.88. The predicted molar refractivity (Wildman–Crippen MR) is 47.8 cm³/mol. The Hall–Kier alpha value is -1.10. The van der Waals surface area contributed by atoms with Crippen LogP contribution in [0.25, 0.3) is 0 Å². The Kier molecular flexibility index (Phi) is 2.87. The van der Waals surface area contributed by atoms with Crippen molar-refractivity contribution in [2.75, 3.05) is 5.73 Å². The molecule has 5 heteroatoms. The summed E-state index contributed by atoms with van der Waals surface area (Å²) in [6.45, 7) is 3.87. The molecule has 0 saturated heterocycles. The van der Waals surface area contributed by atoms with E-state index < -0.39 is 5.60 Å². The number of hydrogen-bond acceptors (Lipinski definition) is 5. The smallest absolute Gasteiger partial charge is 0.194 e. The lowest BCUT2D eigenvalue weighted by Gasteiger charge is -2.23. The number of aromatic nitrogens is 2. The van der Waals surface area contributed by atoms with Gasteiger partial charge in [-0.3, -0.25) is 0 Å². The molecule has 1 unspecified atom stereocenters. The molecule has 0 saturated carbocycles. The molecular weight excluding hydrogens is 170 g/mol. The minimum Gasteiger partial charge on any atom is -0.383 e. The number of nitrogens with zero attached hydrogens (tertiary/aromatic N) is 2. The first kappa shape index (κ1) is 9.98. The lowest BCUT2D eigenvalue weighted by atomic mass is 9.91. The van der Waals surface area contributed by atoms with Crippen LogP contribution in [0.1, 0.15) is 38.8 Å². The van der Waals surface area contributed by atoms with Gasteiger partial charge in [0.05, 0.1) is 0 Å². The second-order valence-corrected chi connectivity index (χ2v) is 3.13. The fraction of sp³-hybridized carbons (Fsp3) is 0.750. The van der Waals surface area contributed by atoms with Crippen LogP contribution in [-0.2, 0) is 5.60 Å². The van der Waals surface area contributed by atoms with Gasteiger partial charge in [-0.05, 0) is 23.2 Å². The maximum atomic E-state index is 10.1. The maximum Gasteiger partial charge on any atom is 0.194 e. The van der Waals surface area contributed by atoms with Crippen molar-refractivity contribution in [2.24, 2.45) is 0 Å². The quantitative estimate of drug-likeness (QED) is 0.732. The van der Waals surface area contributed by atoms with Gasteiger partial charge in [-0.25, -0.2) is 4.63 Å². The van der Waals surface area contributed by atoms with Gasteiger partial charge >= 0.3 is 0 Å². The van der Waals surface area contributed by atoms with Crippen molar-refractivity contribution >= 4 is 5.82 Å². The van der Waals surface area contributed by atoms with Gasteiger partial charge in [0, 0.05) is 0 Å². The number of aliphatic hydroxyl groups is 1. The summed E-state index contributed by atoms with van der Waals surface area (Å²) in [6, 6.07) is 0. The van der Waals surface area contributed by atoms with E-state index in [2.05, 4.69) is 14.9 Å². The molecule has 0 aliphatic rings. The predicted octanol–water partition coefficient (Wildman–Crippen LogP) is 1.05. The van der Waals surface area contributed by atoms with Crippen molar-refractivity contribution < 1.29 is 9.74 Å². The Bertz CT molecular complexity index is 274. The molecular formula is C8H15N3O2. The monoisotopic (exact) mass is 185 g/mol. The summed E-state index contributed by atoms with van der Waals surface area (Å²) in [4.78, 5) is 0. The van der Waals surface area contributed by atoms with Crippen LogP contribution in [0, 0.1) is 0 Å². The Morgan fingerprint density at radius 1 is 1.46 bits per heavy atom. The summed E-state index contributed by atoms with van der Waals surface area (Å²) in [7, 11) is 0. The zero-order valence-electron chi connectivity index (χ0n) is 7.95. The third kappa shape index (κ3) is 1.80. The first-order chi connectivity index (χ1) is 6.14. The van der Waals surface area contributed by atoms with Gasteiger partial charge in [0.1, 0.15) is 5.60 Å². The average Bonchev–Trinajstić information content (AvgIpc) is 2.52. The number of hydrogen-bond donors (Lipinski definition) is 2. The molecule has 0 aliphatic heterocycles. The van der Waals surface area contributed by atoms with E-state index in [0.717, 1.165) is 6.42 Å². The number of anilines is 1. The van der Waals surface area contributed by atoms with Crippen LogP contribution in [0.5, 0.6) is 0 Å². The second-order valence-electron chi connectivity index (χ2n) is 3.13. The Labute approximate surface area is 76.9 Å². The summed E-state index contributed by atoms with van der Waals surface area (Å²) in [6.07, 6.45) is 2.03. The van der Waals surface area contributed by atoms with Crippen molar-refractivity contribution in [2.45, 2.75) is 38.7 Å². The standard InChI is InChI=1S/C8H15N3O2/c1-3-5-8(12,4-2)6-7(9)11-13-10-6/h12H,3-5H2,1-2H3,(H2,9,11). The lowest BCUT2D eigenvalue weighted by Crippen LogP contribution is -2.26. The third-order valence-electron chi connectivity index (χ3n) is 2.20. The highest BCUT2D eigenvalue weighted by atomic mass is 16.6. The minimum absolute atomic E-state index is 0.179. The van der Waals surface area contributed by atoms with Gasteiger partial charge in [0.15, 0.2) is 11.5 Å². The Morgan fingerprint density at radius 3 is 2.54 bits per heavy atom. The second kappa shape index (κ2) is 3.74.